The van der Waals surface area contributed by atoms with Gasteiger partial charge in [-0.1, -0.05) is 11.6 Å². The van der Waals surface area contributed by atoms with Crippen LogP contribution in [-0.2, 0) is 11.3 Å². The van der Waals surface area contributed by atoms with Crippen molar-refractivity contribution in [3.8, 4) is 0 Å². The molecule has 0 aliphatic carbocycles. The molecule has 2 N–H and O–H groups in total. The molecule has 7 nitrogen and oxygen atoms in total. The summed E-state index contributed by atoms with van der Waals surface area (Å²) in [4.78, 5) is 18.3. The largest absolute Gasteiger partial charge is 0.361 e. The highest BCUT2D eigenvalue weighted by molar-refractivity contribution is 6.32. The number of carbonyl (C=O) groups is 1. The predicted molar refractivity (Wildman–Crippen MR) is 103 cm³/mol. The Morgan fingerprint density at radius 1 is 1.22 bits per heavy atom. The van der Waals surface area contributed by atoms with Crippen LogP contribution in [0.25, 0.3) is 6.08 Å². The molecule has 0 aromatic carbocycles. The lowest BCUT2D eigenvalue weighted by Crippen LogP contribution is -2.29. The van der Waals surface area contributed by atoms with E-state index in [2.05, 4.69) is 39.4 Å². The number of rotatable bonds is 4. The first kappa shape index (κ1) is 17.7. The van der Waals surface area contributed by atoms with E-state index in [4.69, 9.17) is 4.52 Å². The van der Waals surface area contributed by atoms with Crippen LogP contribution in [0.4, 0.5) is 0 Å². The second kappa shape index (κ2) is 7.15. The number of hydrogen-bond donors (Lipinski definition) is 2. The van der Waals surface area contributed by atoms with E-state index in [9.17, 15) is 4.79 Å². The Bertz CT molecular complexity index is 928. The maximum Gasteiger partial charge on any atom is 0.273 e. The van der Waals surface area contributed by atoms with Crippen molar-refractivity contribution in [2.75, 3.05) is 13.1 Å². The maximum absolute atomic E-state index is 12.3. The molecular weight excluding hydrogens is 342 g/mol. The highest BCUT2D eigenvalue weighted by Gasteiger charge is 2.27. The summed E-state index contributed by atoms with van der Waals surface area (Å²) in [7, 11) is 0. The standard InChI is InChI=1S/C20H25N5O2/c1-12-9-18(24-27-12)19-15(20(26)23-22-19)10-17-13(2)16(14(3)21-17)11-25-7-5-4-6-8-25/h9-10,21H,4-8,11H2,1-3H3,(H,23,26). The number of hydrogen-bond acceptors (Lipinski definition) is 5. The fourth-order valence-corrected chi connectivity index (χ4v) is 3.82. The minimum atomic E-state index is -0.227. The lowest BCUT2D eigenvalue weighted by molar-refractivity contribution is -0.116. The van der Waals surface area contributed by atoms with Gasteiger partial charge in [-0.3, -0.25) is 9.69 Å². The van der Waals surface area contributed by atoms with Gasteiger partial charge in [-0.15, -0.1) is 0 Å². The quantitative estimate of drug-likeness (QED) is 0.814. The zero-order chi connectivity index (χ0) is 19.0. The Labute approximate surface area is 158 Å². The van der Waals surface area contributed by atoms with E-state index in [1.165, 1.54) is 30.4 Å². The Kier molecular flexibility index (Phi) is 4.70. The molecule has 2 aliphatic rings. The van der Waals surface area contributed by atoms with E-state index in [1.807, 2.05) is 13.0 Å². The first-order valence-corrected chi connectivity index (χ1v) is 9.47. The lowest BCUT2D eigenvalue weighted by atomic mass is 10.0. The van der Waals surface area contributed by atoms with Crippen LogP contribution in [0.2, 0.25) is 0 Å². The van der Waals surface area contributed by atoms with Crippen LogP contribution in [0.5, 0.6) is 0 Å². The molecule has 0 unspecified atom stereocenters. The van der Waals surface area contributed by atoms with Crippen molar-refractivity contribution in [3.63, 3.8) is 0 Å². The summed E-state index contributed by atoms with van der Waals surface area (Å²) in [5, 5.41) is 8.13. The average molecular weight is 367 g/mol. The van der Waals surface area contributed by atoms with Gasteiger partial charge >= 0.3 is 0 Å². The fraction of sp³-hybridized carbons (Fsp3) is 0.450. The van der Waals surface area contributed by atoms with Crippen LogP contribution < -0.4 is 5.43 Å². The van der Waals surface area contributed by atoms with Crippen molar-refractivity contribution >= 4 is 17.7 Å². The number of amides is 1. The minimum Gasteiger partial charge on any atom is -0.361 e. The van der Waals surface area contributed by atoms with Crippen molar-refractivity contribution in [2.45, 2.75) is 46.6 Å². The lowest BCUT2D eigenvalue weighted by Gasteiger charge is -2.26. The molecule has 2 aromatic heterocycles. The van der Waals surface area contributed by atoms with Crippen molar-refractivity contribution in [1.29, 1.82) is 0 Å². The molecule has 27 heavy (non-hydrogen) atoms. The number of hydrazone groups is 1. The zero-order valence-electron chi connectivity index (χ0n) is 16.1. The molecule has 0 saturated carbocycles. The van der Waals surface area contributed by atoms with Gasteiger partial charge in [-0.25, -0.2) is 5.43 Å². The summed E-state index contributed by atoms with van der Waals surface area (Å²) >= 11 is 0. The van der Waals surface area contributed by atoms with Gasteiger partial charge in [0.2, 0.25) is 0 Å². The first-order valence-electron chi connectivity index (χ1n) is 9.47. The van der Waals surface area contributed by atoms with Gasteiger partial charge in [-0.05, 0) is 63.9 Å². The fourth-order valence-electron chi connectivity index (χ4n) is 3.82. The van der Waals surface area contributed by atoms with E-state index in [0.29, 0.717) is 22.7 Å². The predicted octanol–water partition coefficient (Wildman–Crippen LogP) is 2.83. The molecule has 1 saturated heterocycles. The maximum atomic E-state index is 12.3. The topological polar surface area (TPSA) is 86.5 Å². The second-order valence-corrected chi connectivity index (χ2v) is 7.39. The second-order valence-electron chi connectivity index (χ2n) is 7.39. The molecule has 0 radical (unpaired) electrons. The van der Waals surface area contributed by atoms with Gasteiger partial charge in [0.25, 0.3) is 5.91 Å². The van der Waals surface area contributed by atoms with Crippen LogP contribution >= 0.6 is 0 Å². The summed E-state index contributed by atoms with van der Waals surface area (Å²) in [5.41, 5.74) is 8.70. The molecule has 0 atom stereocenters. The molecule has 4 heterocycles. The number of piperidine rings is 1. The van der Waals surface area contributed by atoms with E-state index in [-0.39, 0.29) is 5.91 Å². The third-order valence-electron chi connectivity index (χ3n) is 5.39. The smallest absolute Gasteiger partial charge is 0.273 e. The molecule has 2 aliphatic heterocycles. The number of nitrogens with zero attached hydrogens (tertiary/aromatic N) is 3. The van der Waals surface area contributed by atoms with Gasteiger partial charge in [0.05, 0.1) is 5.57 Å². The number of aromatic amines is 1. The van der Waals surface area contributed by atoms with Crippen molar-refractivity contribution in [2.24, 2.45) is 5.10 Å². The summed E-state index contributed by atoms with van der Waals surface area (Å²) in [6.45, 7) is 9.29. The molecule has 0 spiro atoms. The SMILES string of the molecule is Cc1cc(C2=NNC(=O)C2=Cc2[nH]c(C)c(CN3CCCCC3)c2C)no1. The highest BCUT2D eigenvalue weighted by atomic mass is 16.5. The van der Waals surface area contributed by atoms with E-state index < -0.39 is 0 Å². The molecule has 142 valence electrons. The van der Waals surface area contributed by atoms with Gasteiger partial charge in [0.1, 0.15) is 17.2 Å². The Hall–Kier alpha value is -2.67. The van der Waals surface area contributed by atoms with Crippen molar-refractivity contribution in [3.05, 3.63) is 45.6 Å². The van der Waals surface area contributed by atoms with Crippen LogP contribution in [0.15, 0.2) is 21.3 Å². The zero-order valence-corrected chi connectivity index (χ0v) is 16.1. The summed E-state index contributed by atoms with van der Waals surface area (Å²) in [6, 6.07) is 1.78. The number of aromatic nitrogens is 2. The van der Waals surface area contributed by atoms with Crippen molar-refractivity contribution < 1.29 is 9.32 Å². The number of nitrogens with one attached hydrogen (secondary N) is 2. The first-order chi connectivity index (χ1) is 13.0. The molecule has 0 bridgehead atoms. The Morgan fingerprint density at radius 3 is 2.70 bits per heavy atom. The monoisotopic (exact) mass is 367 g/mol. The van der Waals surface area contributed by atoms with Gasteiger partial charge in [-0.2, -0.15) is 5.10 Å². The number of carbonyl (C=O) groups excluding carboxylic acids is 1. The van der Waals surface area contributed by atoms with Crippen LogP contribution in [0.3, 0.4) is 0 Å². The van der Waals surface area contributed by atoms with Gasteiger partial charge < -0.3 is 9.51 Å². The van der Waals surface area contributed by atoms with E-state index in [1.54, 1.807) is 6.07 Å². The molecule has 1 amide bonds. The van der Waals surface area contributed by atoms with E-state index in [0.717, 1.165) is 31.0 Å². The molecule has 2 aromatic rings. The average Bonchev–Trinajstić information content (AvgIpc) is 3.31. The summed E-state index contributed by atoms with van der Waals surface area (Å²) in [5.74, 6) is 0.456. The third-order valence-corrected chi connectivity index (χ3v) is 5.39. The van der Waals surface area contributed by atoms with Gasteiger partial charge in [0, 0.05) is 24.0 Å². The highest BCUT2D eigenvalue weighted by Crippen LogP contribution is 2.25. The minimum absolute atomic E-state index is 0.227. The number of aryl methyl sites for hydroxylation is 2. The van der Waals surface area contributed by atoms with E-state index >= 15 is 0 Å². The normalized spacial score (nSPS) is 19.6. The Balaban J connectivity index is 1.64. The molecule has 7 heteroatoms. The third kappa shape index (κ3) is 3.47. The van der Waals surface area contributed by atoms with Crippen LogP contribution in [0, 0.1) is 20.8 Å². The summed E-state index contributed by atoms with van der Waals surface area (Å²) in [6.07, 6.45) is 5.75. The number of H-pyrrole nitrogens is 1. The van der Waals surface area contributed by atoms with Crippen LogP contribution in [-0.4, -0.2) is 39.7 Å². The van der Waals surface area contributed by atoms with Crippen molar-refractivity contribution in [1.82, 2.24) is 20.5 Å². The van der Waals surface area contributed by atoms with Gasteiger partial charge in [0.15, 0.2) is 0 Å². The summed E-state index contributed by atoms with van der Waals surface area (Å²) < 4.78 is 5.13. The van der Waals surface area contributed by atoms with Crippen LogP contribution in [0.1, 0.15) is 53.2 Å². The molecule has 1 fully saturated rings. The molecular formula is C20H25N5O2. The number of likely N-dealkylation sites (tertiary alicyclic amines) is 1. The Morgan fingerprint density at radius 2 is 2.00 bits per heavy atom. The molecule has 4 rings (SSSR count).